The Morgan fingerprint density at radius 2 is 1.83 bits per heavy atom. The van der Waals surface area contributed by atoms with Gasteiger partial charge in [0.15, 0.2) is 0 Å². The summed E-state index contributed by atoms with van der Waals surface area (Å²) in [7, 11) is 0. The average Bonchev–Trinajstić information content (AvgIpc) is 3.11. The lowest BCUT2D eigenvalue weighted by Crippen LogP contribution is -2.35. The first kappa shape index (κ1) is 24.8. The van der Waals surface area contributed by atoms with Gasteiger partial charge < -0.3 is 9.47 Å². The molecule has 0 N–H and O–H groups in total. The van der Waals surface area contributed by atoms with Crippen LogP contribution < -0.4 is 4.74 Å². The first-order valence-electron chi connectivity index (χ1n) is 11.2. The van der Waals surface area contributed by atoms with Crippen molar-refractivity contribution < 1.29 is 23.9 Å². The SMILES string of the molecule is CC[C@@H](C)OC(=O)CN1C(=O)S/C(=C/c2c(OCc3ccc(Cl)cc3)ccc3ccccc23)C1=O. The lowest BCUT2D eigenvalue weighted by Gasteiger charge is -2.15. The number of hydrogen-bond donors (Lipinski definition) is 0. The molecule has 1 aliphatic rings. The molecule has 2 amide bonds. The Kier molecular flexibility index (Phi) is 7.78. The maximum absolute atomic E-state index is 13.0. The molecule has 6 nitrogen and oxygen atoms in total. The number of carbonyl (C=O) groups is 3. The van der Waals surface area contributed by atoms with Crippen molar-refractivity contribution in [3.63, 3.8) is 0 Å². The van der Waals surface area contributed by atoms with Gasteiger partial charge in [-0.05, 0) is 65.7 Å². The number of amides is 2. The molecule has 8 heteroatoms. The van der Waals surface area contributed by atoms with Crippen molar-refractivity contribution in [2.75, 3.05) is 6.54 Å². The molecule has 0 bridgehead atoms. The average molecular weight is 510 g/mol. The summed E-state index contributed by atoms with van der Waals surface area (Å²) in [5, 5.41) is 1.98. The lowest BCUT2D eigenvalue weighted by molar-refractivity contribution is -0.150. The van der Waals surface area contributed by atoms with Crippen molar-refractivity contribution in [3.05, 3.63) is 81.7 Å². The number of carbonyl (C=O) groups excluding carboxylic acids is 3. The molecule has 180 valence electrons. The number of ether oxygens (including phenoxy) is 2. The lowest BCUT2D eigenvalue weighted by atomic mass is 10.0. The van der Waals surface area contributed by atoms with Crippen LogP contribution in [0.25, 0.3) is 16.8 Å². The number of benzene rings is 3. The molecule has 0 aliphatic carbocycles. The molecule has 3 aromatic carbocycles. The second kappa shape index (κ2) is 11.0. The number of esters is 1. The molecule has 0 radical (unpaired) electrons. The maximum Gasteiger partial charge on any atom is 0.326 e. The van der Waals surface area contributed by atoms with Gasteiger partial charge in [-0.2, -0.15) is 0 Å². The highest BCUT2D eigenvalue weighted by molar-refractivity contribution is 8.18. The quantitative estimate of drug-likeness (QED) is 0.256. The molecule has 1 fully saturated rings. The van der Waals surface area contributed by atoms with E-state index in [2.05, 4.69) is 0 Å². The van der Waals surface area contributed by atoms with Gasteiger partial charge in [-0.1, -0.05) is 61.0 Å². The summed E-state index contributed by atoms with van der Waals surface area (Å²) in [5.41, 5.74) is 1.62. The van der Waals surface area contributed by atoms with Gasteiger partial charge in [-0.25, -0.2) is 0 Å². The number of halogens is 1. The standard InChI is InChI=1S/C27H24ClNO5S/c1-3-17(2)34-25(30)15-29-26(31)24(35-27(29)32)14-22-21-7-5-4-6-19(21)10-13-23(22)33-16-18-8-11-20(28)12-9-18/h4-14,17H,3,15-16H2,1-2H3/b24-14+/t17-/m1/s1. The van der Waals surface area contributed by atoms with E-state index in [4.69, 9.17) is 21.1 Å². The smallest absolute Gasteiger partial charge is 0.326 e. The molecule has 1 atom stereocenters. The van der Waals surface area contributed by atoms with Gasteiger partial charge in [0.25, 0.3) is 11.1 Å². The van der Waals surface area contributed by atoms with E-state index >= 15 is 0 Å². The zero-order chi connectivity index (χ0) is 24.9. The van der Waals surface area contributed by atoms with Crippen molar-refractivity contribution in [2.45, 2.75) is 33.0 Å². The fraction of sp³-hybridized carbons (Fsp3) is 0.222. The summed E-state index contributed by atoms with van der Waals surface area (Å²) in [5.74, 6) is -0.570. The van der Waals surface area contributed by atoms with Crippen LogP contribution >= 0.6 is 23.4 Å². The highest BCUT2D eigenvalue weighted by atomic mass is 35.5. The molecule has 1 heterocycles. The van der Waals surface area contributed by atoms with Crippen molar-refractivity contribution in [1.29, 1.82) is 0 Å². The zero-order valence-corrected chi connectivity index (χ0v) is 20.9. The number of imide groups is 1. The Hall–Kier alpha value is -3.29. The third kappa shape index (κ3) is 5.86. The first-order chi connectivity index (χ1) is 16.9. The third-order valence-electron chi connectivity index (χ3n) is 5.58. The van der Waals surface area contributed by atoms with Gasteiger partial charge in [0.2, 0.25) is 0 Å². The van der Waals surface area contributed by atoms with Crippen LogP contribution in [0.15, 0.2) is 65.6 Å². The van der Waals surface area contributed by atoms with Crippen LogP contribution in [0.3, 0.4) is 0 Å². The summed E-state index contributed by atoms with van der Waals surface area (Å²) in [6.45, 7) is 3.54. The topological polar surface area (TPSA) is 72.9 Å². The highest BCUT2D eigenvalue weighted by Gasteiger charge is 2.37. The van der Waals surface area contributed by atoms with Gasteiger partial charge >= 0.3 is 5.97 Å². The van der Waals surface area contributed by atoms with Gasteiger partial charge in [0.05, 0.1) is 11.0 Å². The van der Waals surface area contributed by atoms with Crippen LogP contribution in [0.2, 0.25) is 5.02 Å². The first-order valence-corrected chi connectivity index (χ1v) is 12.4. The molecule has 0 unspecified atom stereocenters. The number of rotatable bonds is 8. The van der Waals surface area contributed by atoms with E-state index in [9.17, 15) is 14.4 Å². The Bertz CT molecular complexity index is 1300. The number of hydrogen-bond acceptors (Lipinski definition) is 6. The highest BCUT2D eigenvalue weighted by Crippen LogP contribution is 2.37. The van der Waals surface area contributed by atoms with Crippen molar-refractivity contribution >= 4 is 57.3 Å². The Labute approximate surface area is 212 Å². The van der Waals surface area contributed by atoms with E-state index in [0.29, 0.717) is 29.4 Å². The minimum Gasteiger partial charge on any atom is -0.488 e. The summed E-state index contributed by atoms with van der Waals surface area (Å²) in [6, 6.07) is 18.9. The predicted molar refractivity (Wildman–Crippen MR) is 138 cm³/mol. The minimum absolute atomic E-state index is 0.221. The molecule has 3 aromatic rings. The maximum atomic E-state index is 13.0. The van der Waals surface area contributed by atoms with Crippen molar-refractivity contribution in [3.8, 4) is 5.75 Å². The van der Waals surface area contributed by atoms with E-state index < -0.39 is 23.7 Å². The molecule has 1 saturated heterocycles. The van der Waals surface area contributed by atoms with Crippen LogP contribution in [0.4, 0.5) is 4.79 Å². The predicted octanol–water partition coefficient (Wildman–Crippen LogP) is 6.45. The number of nitrogens with zero attached hydrogens (tertiary/aromatic N) is 1. The summed E-state index contributed by atoms with van der Waals surface area (Å²) in [6.07, 6.45) is 2.02. The van der Waals surface area contributed by atoms with Crippen LogP contribution in [0, 0.1) is 0 Å². The van der Waals surface area contributed by atoms with E-state index in [0.717, 1.165) is 33.0 Å². The van der Waals surface area contributed by atoms with Crippen LogP contribution in [-0.2, 0) is 20.9 Å². The van der Waals surface area contributed by atoms with Gasteiger partial charge in [0, 0.05) is 10.6 Å². The number of thioether (sulfide) groups is 1. The Morgan fingerprint density at radius 1 is 1.09 bits per heavy atom. The Morgan fingerprint density at radius 3 is 2.57 bits per heavy atom. The second-order valence-corrected chi connectivity index (χ2v) is 9.52. The normalized spacial score (nSPS) is 15.6. The van der Waals surface area contributed by atoms with Crippen LogP contribution in [-0.4, -0.2) is 34.7 Å². The largest absolute Gasteiger partial charge is 0.488 e. The third-order valence-corrected chi connectivity index (χ3v) is 6.74. The van der Waals surface area contributed by atoms with Crippen molar-refractivity contribution in [2.24, 2.45) is 0 Å². The summed E-state index contributed by atoms with van der Waals surface area (Å²) in [4.78, 5) is 38.9. The molecular formula is C27H24ClNO5S. The molecule has 35 heavy (non-hydrogen) atoms. The van der Waals surface area contributed by atoms with Gasteiger partial charge in [0.1, 0.15) is 18.9 Å². The molecule has 1 aliphatic heterocycles. The minimum atomic E-state index is -0.611. The van der Waals surface area contributed by atoms with Gasteiger partial charge in [-0.3, -0.25) is 19.3 Å². The van der Waals surface area contributed by atoms with E-state index in [1.54, 1.807) is 25.1 Å². The van der Waals surface area contributed by atoms with E-state index in [-0.39, 0.29) is 11.0 Å². The molecule has 0 aromatic heterocycles. The van der Waals surface area contributed by atoms with Crippen LogP contribution in [0.5, 0.6) is 5.75 Å². The van der Waals surface area contributed by atoms with Gasteiger partial charge in [-0.15, -0.1) is 0 Å². The molecule has 4 rings (SSSR count). The zero-order valence-electron chi connectivity index (χ0n) is 19.3. The summed E-state index contributed by atoms with van der Waals surface area (Å²) >= 11 is 6.77. The monoisotopic (exact) mass is 509 g/mol. The fourth-order valence-corrected chi connectivity index (χ4v) is 4.48. The second-order valence-electron chi connectivity index (χ2n) is 8.09. The molecule has 0 spiro atoms. The number of fused-ring (bicyclic) bond motifs is 1. The molecule has 0 saturated carbocycles. The Balaban J connectivity index is 1.62. The van der Waals surface area contributed by atoms with Crippen LogP contribution in [0.1, 0.15) is 31.4 Å². The van der Waals surface area contributed by atoms with E-state index in [1.165, 1.54) is 0 Å². The summed E-state index contributed by atoms with van der Waals surface area (Å²) < 4.78 is 11.3. The fourth-order valence-electron chi connectivity index (χ4n) is 3.53. The van der Waals surface area contributed by atoms with E-state index in [1.807, 2.05) is 55.5 Å². The molecular weight excluding hydrogens is 486 g/mol. The van der Waals surface area contributed by atoms with Crippen molar-refractivity contribution in [1.82, 2.24) is 4.90 Å².